The molecule has 0 aliphatic carbocycles. The fourth-order valence-corrected chi connectivity index (χ4v) is 12.4. The minimum Gasteiger partial charge on any atom is -0.494 e. The maximum Gasteiger partial charge on any atom is 0.317 e. The van der Waals surface area contributed by atoms with Crippen molar-refractivity contribution in [2.45, 2.75) is 88.3 Å². The first-order valence-corrected chi connectivity index (χ1v) is 33.2. The Kier molecular flexibility index (Phi) is 30.6. The average Bonchev–Trinajstić information content (AvgIpc) is 1.83. The highest BCUT2D eigenvalue weighted by molar-refractivity contribution is 14.1. The van der Waals surface area contributed by atoms with E-state index in [1.807, 2.05) is 24.3 Å². The molecule has 93 heavy (non-hydrogen) atoms. The number of ether oxygens (including phenoxy) is 2. The Morgan fingerprint density at radius 3 is 1.97 bits per heavy atom. The minimum absolute atomic E-state index is 0.0209. The number of amides is 6. The SMILES string of the molecule is COC(=O)C[C@H](NC(=O)[C@H](CSCCNC(=O)CCCc1ccc(I)cc1)NC(=O)CN1CCN(CC(=O)O)CCN(CC(=O)O)CCN(CC(=O)O)CC1)C(=O)N1CCC(CCCCOc2ccc3nccc(C(=O)NCC(=O)N4CC(F)(F)C[C@@H]4C#N)c3c2)CC1. The molecule has 0 spiro atoms. The second-order valence-electron chi connectivity index (χ2n) is 23.2. The Bertz CT molecular complexity index is 3070. The molecule has 3 aliphatic rings. The van der Waals surface area contributed by atoms with Crippen LogP contribution in [0.3, 0.4) is 0 Å². The Labute approximate surface area is 556 Å². The van der Waals surface area contributed by atoms with Crippen molar-refractivity contribution in [3.63, 3.8) is 0 Å². The van der Waals surface area contributed by atoms with Gasteiger partial charge in [0.2, 0.25) is 29.5 Å². The summed E-state index contributed by atoms with van der Waals surface area (Å²) >= 11 is 3.49. The van der Waals surface area contributed by atoms with Gasteiger partial charge in [0.25, 0.3) is 11.8 Å². The number of carboxylic acids is 3. The molecular formula is C62H83F2IN12O15S. The molecule has 7 N–H and O–H groups in total. The van der Waals surface area contributed by atoms with E-state index in [0.717, 1.165) is 40.4 Å². The first-order chi connectivity index (χ1) is 44.5. The van der Waals surface area contributed by atoms with Gasteiger partial charge in [-0.2, -0.15) is 17.0 Å². The lowest BCUT2D eigenvalue weighted by Gasteiger charge is -2.34. The number of alkyl halides is 2. The summed E-state index contributed by atoms with van der Waals surface area (Å²) in [6, 6.07) is 12.3. The number of unbranched alkanes of at least 4 members (excludes halogenated alkanes) is 1. The largest absolute Gasteiger partial charge is 0.494 e. The van der Waals surface area contributed by atoms with Gasteiger partial charge in [0.05, 0.1) is 76.6 Å². The number of hydrogen-bond acceptors (Lipinski definition) is 19. The van der Waals surface area contributed by atoms with Gasteiger partial charge in [0.15, 0.2) is 0 Å². The number of nitrogens with one attached hydrogen (secondary N) is 4. The summed E-state index contributed by atoms with van der Waals surface area (Å²) in [5.41, 5.74) is 1.77. The number of carbonyl (C=O) groups excluding carboxylic acids is 7. The van der Waals surface area contributed by atoms with Crippen molar-refractivity contribution < 1.29 is 81.5 Å². The molecule has 6 amide bonds. The average molecular weight is 1430 g/mol. The Morgan fingerprint density at radius 1 is 0.763 bits per heavy atom. The van der Waals surface area contributed by atoms with Gasteiger partial charge in [0.1, 0.15) is 23.9 Å². The van der Waals surface area contributed by atoms with Crippen molar-refractivity contribution in [2.75, 3.05) is 136 Å². The van der Waals surface area contributed by atoms with Crippen LogP contribution in [0, 0.1) is 20.8 Å². The number of fused-ring (bicyclic) bond motifs is 1. The third-order valence-corrected chi connectivity index (χ3v) is 18.0. The minimum atomic E-state index is -3.20. The van der Waals surface area contributed by atoms with Gasteiger partial charge >= 0.3 is 23.9 Å². The van der Waals surface area contributed by atoms with E-state index in [2.05, 4.69) is 48.8 Å². The number of hydrogen-bond donors (Lipinski definition) is 7. The van der Waals surface area contributed by atoms with Crippen LogP contribution < -0.4 is 26.0 Å². The number of carbonyl (C=O) groups is 10. The Balaban J connectivity index is 1.04. The van der Waals surface area contributed by atoms with Gasteiger partial charge in [-0.15, -0.1) is 0 Å². The zero-order valence-corrected chi connectivity index (χ0v) is 55.1. The second kappa shape index (κ2) is 38.1. The predicted octanol–water partition coefficient (Wildman–Crippen LogP) is 2.00. The molecule has 3 atom stereocenters. The molecule has 2 aromatic carbocycles. The number of aliphatic carboxylic acids is 3. The zero-order valence-electron chi connectivity index (χ0n) is 52.1. The van der Waals surface area contributed by atoms with Gasteiger partial charge in [-0.1, -0.05) is 18.6 Å². The van der Waals surface area contributed by atoms with Crippen molar-refractivity contribution >= 4 is 105 Å². The van der Waals surface area contributed by atoms with Crippen molar-refractivity contribution in [1.82, 2.24) is 55.7 Å². The summed E-state index contributed by atoms with van der Waals surface area (Å²) in [4.78, 5) is 143. The first kappa shape index (κ1) is 74.7. The fourth-order valence-electron chi connectivity index (χ4n) is 11.1. The van der Waals surface area contributed by atoms with E-state index in [1.54, 1.807) is 48.8 Å². The number of halogens is 3. The smallest absolute Gasteiger partial charge is 0.317 e. The van der Waals surface area contributed by atoms with Crippen LogP contribution >= 0.6 is 34.4 Å². The number of piperidine rings is 1. The molecule has 31 heteroatoms. The topological polar surface area (TPSA) is 354 Å². The molecule has 0 bridgehead atoms. The van der Waals surface area contributed by atoms with Crippen molar-refractivity contribution in [3.05, 3.63) is 69.4 Å². The molecule has 0 saturated carbocycles. The number of nitrogens with zero attached hydrogens (tertiary/aromatic N) is 8. The number of thioether (sulfide) groups is 1. The lowest BCUT2D eigenvalue weighted by molar-refractivity contribution is -0.146. The molecule has 0 radical (unpaired) electrons. The third-order valence-electron chi connectivity index (χ3n) is 16.2. The highest BCUT2D eigenvalue weighted by atomic mass is 127. The molecular weight excluding hydrogens is 1350 g/mol. The van der Waals surface area contributed by atoms with Gasteiger partial charge in [0, 0.05) is 111 Å². The molecule has 3 fully saturated rings. The Hall–Kier alpha value is -7.38. The third kappa shape index (κ3) is 26.2. The van der Waals surface area contributed by atoms with E-state index >= 15 is 0 Å². The van der Waals surface area contributed by atoms with Crippen LogP contribution in [-0.2, 0) is 54.3 Å². The standard InChI is InChI=1S/C62H83F2IN12O15S/c1-91-58(87)32-50(61(90)76-19-15-43(16-20-76)5-2-3-29-92-46-12-13-49-48(31-46)47(14-17-67-49)59(88)69-35-54(80)77-41-62(63,64)33-45(77)34-66)71-60(89)51(40-93-30-18-68-52(78)7-4-6-42-8-10-44(65)11-9-42)70-53(79)36-72-21-23-73(37-55(81)82)25-27-75(39-57(85)86)28-26-74(24-22-72)38-56(83)84/h8-14,17,31,43,45,50-51H,2-7,15-16,18-30,32-33,35-41H2,1H3,(H,68,78)(H,69,88)(H,70,79)(H,71,89)(H,81,82)(H,83,84)(H,85,86)/t45-,50+,51+/m1/s1. The Morgan fingerprint density at radius 2 is 1.38 bits per heavy atom. The second-order valence-corrected chi connectivity index (χ2v) is 25.6. The summed E-state index contributed by atoms with van der Waals surface area (Å²) in [5, 5.41) is 49.6. The van der Waals surface area contributed by atoms with Gasteiger partial charge in [-0.3, -0.25) is 72.5 Å². The van der Waals surface area contributed by atoms with Crippen molar-refractivity contribution in [2.24, 2.45) is 5.92 Å². The number of aryl methyl sites for hydroxylation is 1. The number of aromatic nitrogens is 1. The van der Waals surface area contributed by atoms with Gasteiger partial charge in [-0.25, -0.2) is 8.78 Å². The maximum atomic E-state index is 14.5. The van der Waals surface area contributed by atoms with Crippen molar-refractivity contribution in [3.8, 4) is 11.8 Å². The fraction of sp³-hybridized carbons (Fsp3) is 0.581. The van der Waals surface area contributed by atoms with Crippen LogP contribution in [0.15, 0.2) is 54.7 Å². The van der Waals surface area contributed by atoms with E-state index in [9.17, 15) is 77.3 Å². The lowest BCUT2D eigenvalue weighted by Crippen LogP contribution is -2.57. The molecule has 3 saturated heterocycles. The lowest BCUT2D eigenvalue weighted by atomic mass is 9.91. The van der Waals surface area contributed by atoms with Crippen LogP contribution in [0.2, 0.25) is 0 Å². The van der Waals surface area contributed by atoms with Crippen LogP contribution in [0.25, 0.3) is 10.9 Å². The molecule has 1 aromatic heterocycles. The normalized spacial score (nSPS) is 17.8. The van der Waals surface area contributed by atoms with Crippen LogP contribution in [0.5, 0.6) is 5.75 Å². The number of carboxylic acid groups (broad SMARTS) is 3. The summed E-state index contributed by atoms with van der Waals surface area (Å²) in [6.45, 7) is -0.447. The number of nitriles is 1. The number of methoxy groups -OCH3 is 1. The summed E-state index contributed by atoms with van der Waals surface area (Å²) in [6.07, 6.45) is 5.30. The number of benzene rings is 2. The van der Waals surface area contributed by atoms with E-state index in [1.165, 1.54) is 24.0 Å². The quantitative estimate of drug-likeness (QED) is 0.0267. The maximum absolute atomic E-state index is 14.5. The van der Waals surface area contributed by atoms with E-state index in [4.69, 9.17) is 9.47 Å². The van der Waals surface area contributed by atoms with E-state index < -0.39 is 103 Å². The monoisotopic (exact) mass is 1430 g/mol. The molecule has 0 unspecified atom stereocenters. The molecule has 6 rings (SSSR count). The molecule has 508 valence electrons. The summed E-state index contributed by atoms with van der Waals surface area (Å²) in [5.74, 6) is -9.80. The van der Waals surface area contributed by atoms with Crippen molar-refractivity contribution in [1.29, 1.82) is 5.26 Å². The van der Waals surface area contributed by atoms with Gasteiger partial charge < -0.3 is 55.9 Å². The molecule has 3 aromatic rings. The summed E-state index contributed by atoms with van der Waals surface area (Å²) in [7, 11) is 1.16. The van der Waals surface area contributed by atoms with Gasteiger partial charge in [-0.05, 0) is 109 Å². The highest BCUT2D eigenvalue weighted by Gasteiger charge is 2.47. The molecule has 4 heterocycles. The molecule has 3 aliphatic heterocycles. The van der Waals surface area contributed by atoms with E-state index in [-0.39, 0.29) is 108 Å². The molecule has 27 nitrogen and oxygen atoms in total. The summed E-state index contributed by atoms with van der Waals surface area (Å²) < 4.78 is 40.0. The predicted molar refractivity (Wildman–Crippen MR) is 345 cm³/mol. The van der Waals surface area contributed by atoms with Crippen LogP contribution in [0.1, 0.15) is 73.7 Å². The number of pyridine rings is 1. The number of likely N-dealkylation sites (tertiary alicyclic amines) is 2. The van der Waals surface area contributed by atoms with E-state index in [0.29, 0.717) is 74.2 Å². The number of esters is 1. The zero-order chi connectivity index (χ0) is 67.5. The van der Waals surface area contributed by atoms with Crippen LogP contribution in [0.4, 0.5) is 8.78 Å². The number of rotatable bonds is 32. The first-order valence-electron chi connectivity index (χ1n) is 30.9. The van der Waals surface area contributed by atoms with Crippen LogP contribution in [-0.4, -0.2) is 270 Å². The highest BCUT2D eigenvalue weighted by Crippen LogP contribution is 2.32.